The molecule has 3 fully saturated rings. The summed E-state index contributed by atoms with van der Waals surface area (Å²) in [5.74, 6) is 2.32. The fourth-order valence-corrected chi connectivity index (χ4v) is 5.01. The van der Waals surface area contributed by atoms with Gasteiger partial charge in [0.05, 0.1) is 6.42 Å². The molecule has 1 amide bonds. The van der Waals surface area contributed by atoms with Gasteiger partial charge in [-0.1, -0.05) is 31.0 Å². The number of hydrogen-bond acceptors (Lipinski definition) is 3. The number of nitrogens with zero attached hydrogens (tertiary/aromatic N) is 3. The lowest BCUT2D eigenvalue weighted by molar-refractivity contribution is -0.129. The van der Waals surface area contributed by atoms with Crippen molar-refractivity contribution in [3.8, 4) is 0 Å². The highest BCUT2D eigenvalue weighted by molar-refractivity contribution is 5.79. The van der Waals surface area contributed by atoms with Gasteiger partial charge in [-0.3, -0.25) is 9.89 Å². The number of H-pyrrole nitrogens is 1. The summed E-state index contributed by atoms with van der Waals surface area (Å²) in [5.41, 5.74) is 0.577. The van der Waals surface area contributed by atoms with Gasteiger partial charge < -0.3 is 4.90 Å². The summed E-state index contributed by atoms with van der Waals surface area (Å²) >= 11 is 0. The molecule has 6 heteroatoms. The SMILES string of the molecule is O=C(Cc1ccccc1F)N1CC(c2nc(C3CC3)n[nH]2)C2(CCCC2)C1. The number of aromatic nitrogens is 3. The van der Waals surface area contributed by atoms with E-state index in [1.807, 2.05) is 4.90 Å². The van der Waals surface area contributed by atoms with Crippen LogP contribution in [-0.2, 0) is 11.2 Å². The average Bonchev–Trinajstić information content (AvgIpc) is 3.09. The number of rotatable bonds is 4. The number of benzene rings is 1. The van der Waals surface area contributed by atoms with Crippen LogP contribution in [0.3, 0.4) is 0 Å². The van der Waals surface area contributed by atoms with E-state index in [4.69, 9.17) is 4.98 Å². The number of carbonyl (C=O) groups is 1. The molecule has 2 heterocycles. The van der Waals surface area contributed by atoms with Gasteiger partial charge in [0.2, 0.25) is 5.91 Å². The maximum absolute atomic E-state index is 14.0. The van der Waals surface area contributed by atoms with Gasteiger partial charge in [0, 0.05) is 24.9 Å². The Morgan fingerprint density at radius 1 is 1.26 bits per heavy atom. The lowest BCUT2D eigenvalue weighted by Gasteiger charge is -2.28. The number of amides is 1. The van der Waals surface area contributed by atoms with Gasteiger partial charge >= 0.3 is 0 Å². The van der Waals surface area contributed by atoms with Crippen molar-refractivity contribution in [2.45, 2.75) is 56.8 Å². The maximum Gasteiger partial charge on any atom is 0.227 e. The van der Waals surface area contributed by atoms with Gasteiger partial charge in [0.15, 0.2) is 5.82 Å². The maximum atomic E-state index is 14.0. The number of aromatic amines is 1. The van der Waals surface area contributed by atoms with Crippen LogP contribution in [0.25, 0.3) is 0 Å². The molecule has 1 spiro atoms. The molecule has 1 aromatic heterocycles. The van der Waals surface area contributed by atoms with Crippen LogP contribution in [-0.4, -0.2) is 39.1 Å². The Bertz CT molecular complexity index is 853. The largest absolute Gasteiger partial charge is 0.341 e. The van der Waals surface area contributed by atoms with E-state index in [2.05, 4.69) is 10.2 Å². The van der Waals surface area contributed by atoms with Gasteiger partial charge in [-0.25, -0.2) is 9.37 Å². The molecule has 1 unspecified atom stereocenters. The van der Waals surface area contributed by atoms with Crippen molar-refractivity contribution >= 4 is 5.91 Å². The zero-order chi connectivity index (χ0) is 18.4. The normalized spacial score (nSPS) is 24.0. The van der Waals surface area contributed by atoms with Crippen molar-refractivity contribution < 1.29 is 9.18 Å². The lowest BCUT2D eigenvalue weighted by Crippen LogP contribution is -2.32. The van der Waals surface area contributed by atoms with Gasteiger partial charge in [0.25, 0.3) is 0 Å². The minimum absolute atomic E-state index is 0.0100. The minimum Gasteiger partial charge on any atom is -0.341 e. The third-order valence-electron chi connectivity index (χ3n) is 6.69. The second-order valence-corrected chi connectivity index (χ2v) is 8.52. The molecule has 2 saturated carbocycles. The van der Waals surface area contributed by atoms with Crippen molar-refractivity contribution in [2.75, 3.05) is 13.1 Å². The van der Waals surface area contributed by atoms with E-state index in [1.54, 1.807) is 18.2 Å². The highest BCUT2D eigenvalue weighted by Gasteiger charge is 2.51. The van der Waals surface area contributed by atoms with Gasteiger partial charge in [-0.15, -0.1) is 0 Å². The number of hydrogen-bond donors (Lipinski definition) is 1. The number of carbonyl (C=O) groups excluding carboxylic acids is 1. The fourth-order valence-electron chi connectivity index (χ4n) is 5.01. The van der Waals surface area contributed by atoms with E-state index in [1.165, 1.54) is 31.7 Å². The van der Waals surface area contributed by atoms with E-state index in [-0.39, 0.29) is 29.5 Å². The molecule has 142 valence electrons. The topological polar surface area (TPSA) is 61.9 Å². The van der Waals surface area contributed by atoms with Crippen LogP contribution < -0.4 is 0 Å². The standard InChI is InChI=1S/C21H25FN4O/c22-17-6-2-1-5-15(17)11-18(27)26-12-16(21(13-26)9-3-4-10-21)20-23-19(24-25-20)14-7-8-14/h1-2,5-6,14,16H,3-4,7-13H2,(H,23,24,25). The molecule has 3 aliphatic rings. The van der Waals surface area contributed by atoms with Crippen LogP contribution in [0.4, 0.5) is 4.39 Å². The monoisotopic (exact) mass is 368 g/mol. The van der Waals surface area contributed by atoms with Crippen molar-refractivity contribution in [1.29, 1.82) is 0 Å². The summed E-state index contributed by atoms with van der Waals surface area (Å²) in [6.07, 6.45) is 7.14. The molecule has 5 nitrogen and oxygen atoms in total. The second-order valence-electron chi connectivity index (χ2n) is 8.52. The molecule has 1 atom stereocenters. The minimum atomic E-state index is -0.304. The third-order valence-corrected chi connectivity index (χ3v) is 6.69. The Morgan fingerprint density at radius 3 is 2.78 bits per heavy atom. The predicted molar refractivity (Wildman–Crippen MR) is 98.7 cm³/mol. The Balaban J connectivity index is 1.37. The fraction of sp³-hybridized carbons (Fsp3) is 0.571. The van der Waals surface area contributed by atoms with Crippen molar-refractivity contribution in [3.05, 3.63) is 47.3 Å². The van der Waals surface area contributed by atoms with Crippen molar-refractivity contribution in [1.82, 2.24) is 20.1 Å². The molecule has 2 aromatic rings. The van der Waals surface area contributed by atoms with Gasteiger partial charge in [-0.05, 0) is 42.7 Å². The zero-order valence-corrected chi connectivity index (χ0v) is 15.5. The van der Waals surface area contributed by atoms with E-state index >= 15 is 0 Å². The van der Waals surface area contributed by atoms with Crippen LogP contribution in [0.1, 0.15) is 67.6 Å². The van der Waals surface area contributed by atoms with Crippen LogP contribution in [0.2, 0.25) is 0 Å². The molecular weight excluding hydrogens is 343 g/mol. The number of likely N-dealkylation sites (tertiary alicyclic amines) is 1. The Morgan fingerprint density at radius 2 is 2.04 bits per heavy atom. The van der Waals surface area contributed by atoms with Crippen molar-refractivity contribution in [3.63, 3.8) is 0 Å². The van der Waals surface area contributed by atoms with E-state index in [0.29, 0.717) is 18.0 Å². The molecule has 1 N–H and O–H groups in total. The zero-order valence-electron chi connectivity index (χ0n) is 15.5. The number of halogens is 1. The van der Waals surface area contributed by atoms with E-state index in [9.17, 15) is 9.18 Å². The van der Waals surface area contributed by atoms with Crippen LogP contribution in [0.15, 0.2) is 24.3 Å². The van der Waals surface area contributed by atoms with Crippen LogP contribution in [0.5, 0.6) is 0 Å². The van der Waals surface area contributed by atoms with Gasteiger partial charge in [-0.2, -0.15) is 5.10 Å². The molecule has 2 aliphatic carbocycles. The first kappa shape index (κ1) is 16.9. The molecule has 0 bridgehead atoms. The summed E-state index contributed by atoms with van der Waals surface area (Å²) < 4.78 is 14.0. The Labute approximate surface area is 158 Å². The first-order valence-corrected chi connectivity index (χ1v) is 10.1. The number of nitrogens with one attached hydrogen (secondary N) is 1. The highest BCUT2D eigenvalue weighted by atomic mass is 19.1. The van der Waals surface area contributed by atoms with Crippen molar-refractivity contribution in [2.24, 2.45) is 5.41 Å². The predicted octanol–water partition coefficient (Wildman–Crippen LogP) is 3.55. The van der Waals surface area contributed by atoms with E-state index in [0.717, 1.165) is 31.0 Å². The highest BCUT2D eigenvalue weighted by Crippen LogP contribution is 2.53. The quantitative estimate of drug-likeness (QED) is 0.898. The molecule has 1 aliphatic heterocycles. The Kier molecular flexibility index (Phi) is 4.02. The summed E-state index contributed by atoms with van der Waals surface area (Å²) in [4.78, 5) is 19.7. The molecule has 5 rings (SSSR count). The third kappa shape index (κ3) is 3.05. The molecular formula is C21H25FN4O. The summed E-state index contributed by atoms with van der Waals surface area (Å²) in [6.45, 7) is 1.41. The van der Waals surface area contributed by atoms with Gasteiger partial charge in [0.1, 0.15) is 11.6 Å². The summed E-state index contributed by atoms with van der Waals surface area (Å²) in [5, 5.41) is 7.62. The van der Waals surface area contributed by atoms with Crippen LogP contribution >= 0.6 is 0 Å². The molecule has 27 heavy (non-hydrogen) atoms. The second kappa shape index (κ2) is 6.43. The summed E-state index contributed by atoms with van der Waals surface area (Å²) in [7, 11) is 0. The summed E-state index contributed by atoms with van der Waals surface area (Å²) in [6, 6.07) is 6.56. The van der Waals surface area contributed by atoms with Crippen LogP contribution in [0, 0.1) is 11.2 Å². The van der Waals surface area contributed by atoms with E-state index < -0.39 is 0 Å². The Hall–Kier alpha value is -2.24. The average molecular weight is 368 g/mol. The first-order chi connectivity index (χ1) is 13.1. The molecule has 1 saturated heterocycles. The first-order valence-electron chi connectivity index (χ1n) is 10.1. The molecule has 1 aromatic carbocycles. The lowest BCUT2D eigenvalue weighted by atomic mass is 9.76. The smallest absolute Gasteiger partial charge is 0.227 e. The molecule has 0 radical (unpaired) electrons.